The highest BCUT2D eigenvalue weighted by Gasteiger charge is 2.61. The van der Waals surface area contributed by atoms with Crippen LogP contribution in [0.4, 0.5) is 0 Å². The third kappa shape index (κ3) is 1.90. The summed E-state index contributed by atoms with van der Waals surface area (Å²) >= 11 is 0. The molecule has 0 radical (unpaired) electrons. The van der Waals surface area contributed by atoms with Crippen molar-refractivity contribution in [1.29, 1.82) is 0 Å². The average Bonchev–Trinajstić information content (AvgIpc) is 2.89. The predicted molar refractivity (Wildman–Crippen MR) is 91.9 cm³/mol. The maximum Gasteiger partial charge on any atom is 0.270 e. The molecule has 0 aromatic carbocycles. The van der Waals surface area contributed by atoms with Crippen molar-refractivity contribution in [3.8, 4) is 0 Å². The summed E-state index contributed by atoms with van der Waals surface area (Å²) in [7, 11) is 0. The minimum Gasteiger partial charge on any atom is -0.349 e. The molecule has 2 saturated carbocycles. The molecule has 126 valence electrons. The first-order chi connectivity index (χ1) is 11.3. The van der Waals surface area contributed by atoms with Crippen LogP contribution in [0.3, 0.4) is 0 Å². The van der Waals surface area contributed by atoms with Crippen molar-refractivity contribution in [2.24, 2.45) is 16.7 Å². The van der Waals surface area contributed by atoms with E-state index >= 15 is 0 Å². The van der Waals surface area contributed by atoms with Gasteiger partial charge in [-0.2, -0.15) is 0 Å². The number of aromatic nitrogens is 2. The second-order valence-electron chi connectivity index (χ2n) is 8.04. The quantitative estimate of drug-likeness (QED) is 0.923. The zero-order valence-corrected chi connectivity index (χ0v) is 14.4. The highest BCUT2D eigenvalue weighted by Crippen LogP contribution is 2.65. The lowest BCUT2D eigenvalue weighted by molar-refractivity contribution is 0.0824. The van der Waals surface area contributed by atoms with Gasteiger partial charge in [0, 0.05) is 18.4 Å². The Kier molecular flexibility index (Phi) is 3.15. The predicted octanol–water partition coefficient (Wildman–Crippen LogP) is 2.64. The third-order valence-electron chi connectivity index (χ3n) is 6.96. The van der Waals surface area contributed by atoms with E-state index < -0.39 is 0 Å². The fourth-order valence-electron chi connectivity index (χ4n) is 4.84. The van der Waals surface area contributed by atoms with Gasteiger partial charge in [-0.25, -0.2) is 4.98 Å². The van der Waals surface area contributed by atoms with Crippen LogP contribution in [-0.2, 0) is 0 Å². The zero-order valence-electron chi connectivity index (χ0n) is 14.4. The number of fused-ring (bicyclic) bond motifs is 3. The topological polar surface area (TPSA) is 63.5 Å². The van der Waals surface area contributed by atoms with E-state index in [0.29, 0.717) is 11.6 Å². The summed E-state index contributed by atoms with van der Waals surface area (Å²) in [6.07, 6.45) is 6.40. The van der Waals surface area contributed by atoms with E-state index in [9.17, 15) is 9.59 Å². The highest BCUT2D eigenvalue weighted by atomic mass is 16.2. The van der Waals surface area contributed by atoms with E-state index in [1.807, 2.05) is 6.07 Å². The summed E-state index contributed by atoms with van der Waals surface area (Å²) in [5.41, 5.74) is 0.663. The Labute approximate surface area is 141 Å². The number of hydrogen-bond acceptors (Lipinski definition) is 3. The molecule has 2 aliphatic carbocycles. The second kappa shape index (κ2) is 4.91. The van der Waals surface area contributed by atoms with Crippen molar-refractivity contribution in [2.75, 3.05) is 0 Å². The standard InChI is InChI=1S/C19H23N3O2/c1-18(2)12-7-8-19(18,3)14(10-12)21-16(23)13-11-20-15-6-4-5-9-22(15)17(13)24/h4-6,9,11-12,14H,7-8,10H2,1-3H3,(H,21,23). The first kappa shape index (κ1) is 15.4. The average molecular weight is 325 g/mol. The van der Waals surface area contributed by atoms with Crippen LogP contribution in [-0.4, -0.2) is 21.3 Å². The molecule has 4 rings (SSSR count). The van der Waals surface area contributed by atoms with Gasteiger partial charge in [0.15, 0.2) is 0 Å². The molecule has 24 heavy (non-hydrogen) atoms. The van der Waals surface area contributed by atoms with Crippen molar-refractivity contribution in [1.82, 2.24) is 14.7 Å². The molecule has 2 fully saturated rings. The van der Waals surface area contributed by atoms with Gasteiger partial charge in [0.05, 0.1) is 0 Å². The van der Waals surface area contributed by atoms with E-state index in [-0.39, 0.29) is 33.9 Å². The van der Waals surface area contributed by atoms with Crippen molar-refractivity contribution in [3.63, 3.8) is 0 Å². The van der Waals surface area contributed by atoms with Gasteiger partial charge in [-0.15, -0.1) is 0 Å². The summed E-state index contributed by atoms with van der Waals surface area (Å²) in [5.74, 6) is 0.337. The number of amides is 1. The molecule has 3 unspecified atom stereocenters. The number of nitrogens with zero attached hydrogens (tertiary/aromatic N) is 2. The van der Waals surface area contributed by atoms with Crippen LogP contribution in [0.2, 0.25) is 0 Å². The Morgan fingerprint density at radius 2 is 2.12 bits per heavy atom. The molecule has 2 bridgehead atoms. The first-order valence-corrected chi connectivity index (χ1v) is 8.62. The number of rotatable bonds is 2. The van der Waals surface area contributed by atoms with E-state index in [1.54, 1.807) is 18.3 Å². The molecule has 2 aromatic heterocycles. The Balaban J connectivity index is 1.65. The van der Waals surface area contributed by atoms with E-state index in [0.717, 1.165) is 12.8 Å². The summed E-state index contributed by atoms with van der Waals surface area (Å²) in [5, 5.41) is 3.14. The van der Waals surface area contributed by atoms with Crippen molar-refractivity contribution in [3.05, 3.63) is 46.5 Å². The van der Waals surface area contributed by atoms with Crippen LogP contribution in [0, 0.1) is 16.7 Å². The van der Waals surface area contributed by atoms with Crippen LogP contribution >= 0.6 is 0 Å². The van der Waals surface area contributed by atoms with Crippen LogP contribution < -0.4 is 10.9 Å². The Morgan fingerprint density at radius 1 is 1.33 bits per heavy atom. The fraction of sp³-hybridized carbons (Fsp3) is 0.526. The molecule has 0 aliphatic heterocycles. The molecular weight excluding hydrogens is 302 g/mol. The third-order valence-corrected chi connectivity index (χ3v) is 6.96. The molecule has 2 aliphatic rings. The molecular formula is C19H23N3O2. The minimum atomic E-state index is -0.314. The normalized spacial score (nSPS) is 30.6. The smallest absolute Gasteiger partial charge is 0.270 e. The molecule has 1 amide bonds. The molecule has 5 heteroatoms. The largest absolute Gasteiger partial charge is 0.349 e. The van der Waals surface area contributed by atoms with Crippen LogP contribution in [0.15, 0.2) is 35.4 Å². The Hall–Kier alpha value is -2.17. The summed E-state index contributed by atoms with van der Waals surface area (Å²) < 4.78 is 1.42. The van der Waals surface area contributed by atoms with Crippen LogP contribution in [0.25, 0.3) is 5.65 Å². The SMILES string of the molecule is CC1(C)C2CCC1(C)C(NC(=O)c1cnc3ccccn3c1=O)C2. The molecule has 5 nitrogen and oxygen atoms in total. The summed E-state index contributed by atoms with van der Waals surface area (Å²) in [6, 6.07) is 5.45. The molecule has 1 N–H and O–H groups in total. The number of carbonyl (C=O) groups is 1. The first-order valence-electron chi connectivity index (χ1n) is 8.62. The Morgan fingerprint density at radius 3 is 2.79 bits per heavy atom. The van der Waals surface area contributed by atoms with Gasteiger partial charge in [0.2, 0.25) is 0 Å². The van der Waals surface area contributed by atoms with Crippen LogP contribution in [0.1, 0.15) is 50.4 Å². The number of carbonyl (C=O) groups excluding carboxylic acids is 1. The number of nitrogens with one attached hydrogen (secondary N) is 1. The van der Waals surface area contributed by atoms with Crippen molar-refractivity contribution >= 4 is 11.6 Å². The molecule has 2 aromatic rings. The van der Waals surface area contributed by atoms with E-state index in [1.165, 1.54) is 17.0 Å². The monoisotopic (exact) mass is 325 g/mol. The van der Waals surface area contributed by atoms with Gasteiger partial charge in [-0.1, -0.05) is 26.8 Å². The Bertz CT molecular complexity index is 886. The minimum absolute atomic E-state index is 0.0911. The lowest BCUT2D eigenvalue weighted by atomic mass is 9.69. The maximum absolute atomic E-state index is 12.7. The summed E-state index contributed by atoms with van der Waals surface area (Å²) in [4.78, 5) is 29.5. The number of hydrogen-bond donors (Lipinski definition) is 1. The lowest BCUT2D eigenvalue weighted by Gasteiger charge is -2.39. The lowest BCUT2D eigenvalue weighted by Crippen LogP contribution is -2.48. The van der Waals surface area contributed by atoms with Crippen molar-refractivity contribution in [2.45, 2.75) is 46.1 Å². The van der Waals surface area contributed by atoms with E-state index in [4.69, 9.17) is 0 Å². The zero-order chi connectivity index (χ0) is 17.1. The second-order valence-corrected chi connectivity index (χ2v) is 8.04. The molecule has 0 spiro atoms. The molecule has 2 heterocycles. The van der Waals surface area contributed by atoms with Gasteiger partial charge in [0.25, 0.3) is 11.5 Å². The van der Waals surface area contributed by atoms with Gasteiger partial charge in [-0.05, 0) is 48.1 Å². The van der Waals surface area contributed by atoms with Gasteiger partial charge < -0.3 is 5.32 Å². The fourth-order valence-corrected chi connectivity index (χ4v) is 4.84. The molecule has 3 atom stereocenters. The molecule has 0 saturated heterocycles. The van der Waals surface area contributed by atoms with Gasteiger partial charge in [0.1, 0.15) is 11.2 Å². The summed E-state index contributed by atoms with van der Waals surface area (Å²) in [6.45, 7) is 6.89. The van der Waals surface area contributed by atoms with Crippen molar-refractivity contribution < 1.29 is 4.79 Å². The number of pyridine rings is 1. The maximum atomic E-state index is 12.7. The van der Waals surface area contributed by atoms with E-state index in [2.05, 4.69) is 31.1 Å². The highest BCUT2D eigenvalue weighted by molar-refractivity contribution is 5.94. The van der Waals surface area contributed by atoms with Crippen LogP contribution in [0.5, 0.6) is 0 Å². The van der Waals surface area contributed by atoms with Gasteiger partial charge in [-0.3, -0.25) is 14.0 Å². The van der Waals surface area contributed by atoms with Gasteiger partial charge >= 0.3 is 0 Å².